The zero-order chi connectivity index (χ0) is 22.0. The number of sulfone groups is 1. The van der Waals surface area contributed by atoms with Crippen LogP contribution in [0.25, 0.3) is 0 Å². The Hall–Kier alpha value is -2.69. The number of rotatable bonds is 6. The molecule has 4 rings (SSSR count). The van der Waals surface area contributed by atoms with Crippen LogP contribution in [0, 0.1) is 12.7 Å². The molecule has 0 N–H and O–H groups in total. The summed E-state index contributed by atoms with van der Waals surface area (Å²) >= 11 is 0. The largest absolute Gasteiger partial charge is 0.304 e. The van der Waals surface area contributed by atoms with Crippen molar-refractivity contribution in [3.8, 4) is 0 Å². The van der Waals surface area contributed by atoms with Gasteiger partial charge in [0.1, 0.15) is 5.82 Å². The molecule has 8 nitrogen and oxygen atoms in total. The topological polar surface area (TPSA) is 84.2 Å². The first-order valence-electron chi connectivity index (χ1n) is 10.1. The molecule has 0 aliphatic carbocycles. The summed E-state index contributed by atoms with van der Waals surface area (Å²) in [6.45, 7) is 5.15. The van der Waals surface area contributed by atoms with Crippen molar-refractivity contribution in [1.29, 1.82) is 0 Å². The molecule has 0 amide bonds. The third-order valence-electron chi connectivity index (χ3n) is 5.57. The third-order valence-corrected chi connectivity index (χ3v) is 7.14. The van der Waals surface area contributed by atoms with Crippen LogP contribution in [0.3, 0.4) is 0 Å². The normalized spacial score (nSPS) is 17.0. The van der Waals surface area contributed by atoms with Gasteiger partial charge in [-0.1, -0.05) is 29.8 Å². The standard InChI is InChI=1S/C21H25FN6O2S/c1-16-3-9-19(10-4-16)31(29,30)15-28-21(23-24-25-28)20(17-5-7-18(22)8-6-17)27-13-11-26(2)12-14-27/h3-10,20H,11-15H2,1-2H3. The minimum absolute atomic E-state index is 0.220. The van der Waals surface area contributed by atoms with E-state index in [1.54, 1.807) is 36.4 Å². The second-order valence-corrected chi connectivity index (χ2v) is 9.85. The van der Waals surface area contributed by atoms with Crippen LogP contribution in [0.1, 0.15) is 23.0 Å². The van der Waals surface area contributed by atoms with Gasteiger partial charge in [-0.25, -0.2) is 17.5 Å². The fourth-order valence-corrected chi connectivity index (χ4v) is 4.93. The Kier molecular flexibility index (Phi) is 6.12. The van der Waals surface area contributed by atoms with E-state index in [0.717, 1.165) is 37.3 Å². The Morgan fingerprint density at radius 2 is 1.65 bits per heavy atom. The van der Waals surface area contributed by atoms with Crippen molar-refractivity contribution in [2.24, 2.45) is 0 Å². The maximum Gasteiger partial charge on any atom is 0.198 e. The monoisotopic (exact) mass is 444 g/mol. The van der Waals surface area contributed by atoms with Crippen LogP contribution in [0.15, 0.2) is 53.4 Å². The molecule has 1 unspecified atom stereocenters. The Bertz CT molecular complexity index is 1120. The van der Waals surface area contributed by atoms with E-state index in [-0.39, 0.29) is 22.6 Å². The Balaban J connectivity index is 1.69. The quantitative estimate of drug-likeness (QED) is 0.574. The number of aromatic nitrogens is 4. The summed E-state index contributed by atoms with van der Waals surface area (Å²) in [6.07, 6.45) is 0. The average Bonchev–Trinajstić information content (AvgIpc) is 3.18. The molecule has 1 aromatic heterocycles. The van der Waals surface area contributed by atoms with Gasteiger partial charge in [0.15, 0.2) is 21.5 Å². The first-order valence-corrected chi connectivity index (χ1v) is 11.7. The predicted molar refractivity (Wildman–Crippen MR) is 113 cm³/mol. The first kappa shape index (κ1) is 21.5. The molecule has 0 spiro atoms. The Morgan fingerprint density at radius 3 is 2.29 bits per heavy atom. The van der Waals surface area contributed by atoms with Crippen molar-refractivity contribution in [2.45, 2.75) is 23.7 Å². The van der Waals surface area contributed by atoms with E-state index in [2.05, 4.69) is 32.4 Å². The fraction of sp³-hybridized carbons (Fsp3) is 0.381. The van der Waals surface area contributed by atoms with Crippen LogP contribution in [0.5, 0.6) is 0 Å². The number of benzene rings is 2. The van der Waals surface area contributed by atoms with Crippen molar-refractivity contribution in [1.82, 2.24) is 30.0 Å². The molecule has 31 heavy (non-hydrogen) atoms. The molecule has 1 saturated heterocycles. The summed E-state index contributed by atoms with van der Waals surface area (Å²) in [5, 5.41) is 11.9. The zero-order valence-electron chi connectivity index (χ0n) is 17.5. The number of halogens is 1. The molecule has 164 valence electrons. The molecular formula is C21H25FN6O2S. The van der Waals surface area contributed by atoms with Crippen molar-refractivity contribution >= 4 is 9.84 Å². The molecule has 0 radical (unpaired) electrons. The lowest BCUT2D eigenvalue weighted by molar-refractivity contribution is 0.122. The van der Waals surface area contributed by atoms with Crippen LogP contribution in [0.4, 0.5) is 4.39 Å². The molecule has 0 bridgehead atoms. The molecule has 1 fully saturated rings. The molecule has 1 atom stereocenters. The number of nitrogens with zero attached hydrogens (tertiary/aromatic N) is 6. The summed E-state index contributed by atoms with van der Waals surface area (Å²) in [7, 11) is -1.59. The summed E-state index contributed by atoms with van der Waals surface area (Å²) < 4.78 is 40.9. The van der Waals surface area contributed by atoms with Crippen LogP contribution in [-0.2, 0) is 15.7 Å². The van der Waals surface area contributed by atoms with E-state index in [4.69, 9.17) is 0 Å². The van der Waals surface area contributed by atoms with Gasteiger partial charge in [0, 0.05) is 26.2 Å². The van der Waals surface area contributed by atoms with Gasteiger partial charge in [0.25, 0.3) is 0 Å². The highest BCUT2D eigenvalue weighted by atomic mass is 32.2. The highest BCUT2D eigenvalue weighted by Crippen LogP contribution is 2.29. The van der Waals surface area contributed by atoms with Gasteiger partial charge in [-0.3, -0.25) is 4.90 Å². The zero-order valence-corrected chi connectivity index (χ0v) is 18.3. The highest BCUT2D eigenvalue weighted by molar-refractivity contribution is 7.90. The van der Waals surface area contributed by atoms with Crippen LogP contribution in [0.2, 0.25) is 0 Å². The molecular weight excluding hydrogens is 419 g/mol. The van der Waals surface area contributed by atoms with Crippen LogP contribution in [-0.4, -0.2) is 71.7 Å². The minimum Gasteiger partial charge on any atom is -0.304 e. The van der Waals surface area contributed by atoms with Crippen molar-refractivity contribution < 1.29 is 12.8 Å². The second-order valence-electron chi connectivity index (χ2n) is 7.89. The molecule has 2 aromatic carbocycles. The number of likely N-dealkylation sites (N-methyl/N-ethyl adjacent to an activating group) is 1. The maximum absolute atomic E-state index is 13.6. The average molecular weight is 445 g/mol. The minimum atomic E-state index is -3.65. The summed E-state index contributed by atoms with van der Waals surface area (Å²) in [6, 6.07) is 12.5. The second kappa shape index (κ2) is 8.81. The molecule has 3 aromatic rings. The van der Waals surface area contributed by atoms with Gasteiger partial charge >= 0.3 is 0 Å². The van der Waals surface area contributed by atoms with Crippen molar-refractivity contribution in [2.75, 3.05) is 33.2 Å². The number of hydrogen-bond donors (Lipinski definition) is 0. The van der Waals surface area contributed by atoms with Gasteiger partial charge in [0.2, 0.25) is 0 Å². The molecule has 10 heteroatoms. The van der Waals surface area contributed by atoms with Crippen molar-refractivity contribution in [3.05, 3.63) is 71.3 Å². The Morgan fingerprint density at radius 1 is 1.00 bits per heavy atom. The lowest BCUT2D eigenvalue weighted by atomic mass is 10.0. The van der Waals surface area contributed by atoms with Gasteiger partial charge in [0.05, 0.1) is 10.9 Å². The summed E-state index contributed by atoms with van der Waals surface area (Å²) in [5.41, 5.74) is 1.79. The van der Waals surface area contributed by atoms with E-state index < -0.39 is 9.84 Å². The van der Waals surface area contributed by atoms with E-state index in [1.807, 2.05) is 6.92 Å². The molecule has 2 heterocycles. The number of hydrogen-bond acceptors (Lipinski definition) is 7. The summed E-state index contributed by atoms with van der Waals surface area (Å²) in [5.74, 6) is -0.279. The number of tetrazole rings is 1. The summed E-state index contributed by atoms with van der Waals surface area (Å²) in [4.78, 5) is 4.65. The van der Waals surface area contributed by atoms with E-state index in [1.165, 1.54) is 16.8 Å². The predicted octanol–water partition coefficient (Wildman–Crippen LogP) is 1.89. The van der Waals surface area contributed by atoms with Crippen LogP contribution >= 0.6 is 0 Å². The van der Waals surface area contributed by atoms with Crippen molar-refractivity contribution in [3.63, 3.8) is 0 Å². The Labute approximate surface area is 181 Å². The number of piperazine rings is 1. The lowest BCUT2D eigenvalue weighted by Gasteiger charge is -2.37. The highest BCUT2D eigenvalue weighted by Gasteiger charge is 2.31. The lowest BCUT2D eigenvalue weighted by Crippen LogP contribution is -2.46. The fourth-order valence-electron chi connectivity index (χ4n) is 3.73. The maximum atomic E-state index is 13.6. The van der Waals surface area contributed by atoms with E-state index in [9.17, 15) is 12.8 Å². The third kappa shape index (κ3) is 4.81. The number of aryl methyl sites for hydroxylation is 1. The first-order chi connectivity index (χ1) is 14.8. The molecule has 0 saturated carbocycles. The van der Waals surface area contributed by atoms with Crippen LogP contribution < -0.4 is 0 Å². The van der Waals surface area contributed by atoms with E-state index >= 15 is 0 Å². The SMILES string of the molecule is Cc1ccc(S(=O)(=O)Cn2nnnc2C(c2ccc(F)cc2)N2CCN(C)CC2)cc1. The van der Waals surface area contributed by atoms with Gasteiger partial charge in [-0.05, 0) is 54.2 Å². The molecule has 1 aliphatic rings. The smallest absolute Gasteiger partial charge is 0.198 e. The van der Waals surface area contributed by atoms with Gasteiger partial charge in [-0.15, -0.1) is 5.10 Å². The molecule has 1 aliphatic heterocycles. The van der Waals surface area contributed by atoms with E-state index in [0.29, 0.717) is 5.82 Å². The van der Waals surface area contributed by atoms with Gasteiger partial charge in [-0.2, -0.15) is 0 Å². The van der Waals surface area contributed by atoms with Gasteiger partial charge < -0.3 is 4.90 Å².